The van der Waals surface area contributed by atoms with Crippen LogP contribution in [0.5, 0.6) is 0 Å². The first kappa shape index (κ1) is 28.2. The zero-order chi connectivity index (χ0) is 21.9. The minimum atomic E-state index is -5.08. The number of rotatable bonds is 4. The van der Waals surface area contributed by atoms with E-state index in [9.17, 15) is 35.9 Å². The third-order valence-corrected chi connectivity index (χ3v) is 1.74. The van der Waals surface area contributed by atoms with Crippen molar-refractivity contribution < 1.29 is 65.9 Å². The quantitative estimate of drug-likeness (QED) is 0.325. The van der Waals surface area contributed by atoms with Crippen LogP contribution in [-0.4, -0.2) is 75.3 Å². The van der Waals surface area contributed by atoms with Gasteiger partial charge in [0.25, 0.3) is 0 Å². The Morgan fingerprint density at radius 1 is 0.923 bits per heavy atom. The lowest BCUT2D eigenvalue weighted by atomic mass is 10.2. The van der Waals surface area contributed by atoms with Gasteiger partial charge >= 0.3 is 30.3 Å². The monoisotopic (exact) mass is 404 g/mol. The smallest absolute Gasteiger partial charge is 0.480 e. The molecule has 0 aliphatic rings. The number of aliphatic hydroxyl groups excluding tert-OH is 1. The van der Waals surface area contributed by atoms with E-state index in [1.807, 2.05) is 0 Å². The maximum atomic E-state index is 10.6. The van der Waals surface area contributed by atoms with Crippen LogP contribution < -0.4 is 11.1 Å². The normalized spacial score (nSPS) is 13.0. The van der Waals surface area contributed by atoms with Gasteiger partial charge in [-0.05, 0) is 6.92 Å². The van der Waals surface area contributed by atoms with E-state index in [-0.39, 0.29) is 6.54 Å². The highest BCUT2D eigenvalue weighted by atomic mass is 19.4. The van der Waals surface area contributed by atoms with E-state index in [0.717, 1.165) is 0 Å². The topological polar surface area (TPSA) is 187 Å². The summed E-state index contributed by atoms with van der Waals surface area (Å²) in [5, 5.41) is 33.7. The summed E-state index contributed by atoms with van der Waals surface area (Å²) in [7, 11) is 0. The summed E-state index contributed by atoms with van der Waals surface area (Å²) in [6.45, 7) is 0.978. The van der Waals surface area contributed by atoms with E-state index in [4.69, 9.17) is 35.7 Å². The maximum absolute atomic E-state index is 10.6. The second kappa shape index (κ2) is 11.9. The molecule has 0 radical (unpaired) electrons. The van der Waals surface area contributed by atoms with E-state index in [1.54, 1.807) is 0 Å². The van der Waals surface area contributed by atoms with E-state index in [2.05, 4.69) is 5.32 Å². The van der Waals surface area contributed by atoms with E-state index < -0.39 is 48.3 Å². The summed E-state index contributed by atoms with van der Waals surface area (Å²) in [6.07, 6.45) is -11.3. The van der Waals surface area contributed by atoms with Gasteiger partial charge in [0.1, 0.15) is 0 Å². The molecule has 0 aromatic heterocycles. The van der Waals surface area contributed by atoms with Crippen molar-refractivity contribution >= 4 is 23.8 Å². The molecule has 0 rings (SSSR count). The Balaban J connectivity index is -0.000000326. The molecular weight excluding hydrogens is 390 g/mol. The Bertz CT molecular complexity index is 467. The van der Waals surface area contributed by atoms with Crippen LogP contribution in [-0.2, 0) is 19.2 Å². The molecule has 0 aromatic carbocycles. The van der Waals surface area contributed by atoms with Crippen LogP contribution >= 0.6 is 0 Å². The van der Waals surface area contributed by atoms with Crippen LogP contribution in [0.15, 0.2) is 0 Å². The molecule has 0 spiro atoms. The largest absolute Gasteiger partial charge is 0.490 e. The average molecular weight is 404 g/mol. The highest BCUT2D eigenvalue weighted by Gasteiger charge is 2.38. The summed E-state index contributed by atoms with van der Waals surface area (Å²) in [6, 6.07) is -1.29. The van der Waals surface area contributed by atoms with Crippen molar-refractivity contribution in [1.82, 2.24) is 5.32 Å². The Morgan fingerprint density at radius 3 is 1.31 bits per heavy atom. The number of carbonyl (C=O) groups is 4. The predicted molar refractivity (Wildman–Crippen MR) is 67.7 cm³/mol. The van der Waals surface area contributed by atoms with Crippen LogP contribution in [0.1, 0.15) is 6.92 Å². The molecule has 2 atom stereocenters. The van der Waals surface area contributed by atoms with Crippen LogP contribution in [0.4, 0.5) is 26.3 Å². The number of amides is 1. The van der Waals surface area contributed by atoms with Crippen molar-refractivity contribution in [3.8, 4) is 0 Å². The van der Waals surface area contributed by atoms with Crippen molar-refractivity contribution in [2.75, 3.05) is 6.54 Å². The van der Waals surface area contributed by atoms with E-state index in [0.29, 0.717) is 0 Å². The molecule has 0 fully saturated rings. The molecule has 0 aliphatic carbocycles. The molecule has 0 aliphatic heterocycles. The SMILES string of the molecule is CC(O)C(NC(=O)CN)C(=O)O.O=C(O)C(F)(F)F.O=C(O)C(F)(F)F. The molecule has 0 bridgehead atoms. The number of nitrogens with two attached hydrogens (primary N) is 1. The van der Waals surface area contributed by atoms with Gasteiger partial charge in [0.15, 0.2) is 6.04 Å². The van der Waals surface area contributed by atoms with E-state index in [1.165, 1.54) is 6.92 Å². The lowest BCUT2D eigenvalue weighted by Crippen LogP contribution is -2.49. The molecule has 0 saturated carbocycles. The molecule has 2 unspecified atom stereocenters. The molecule has 10 nitrogen and oxygen atoms in total. The third-order valence-electron chi connectivity index (χ3n) is 1.74. The average Bonchev–Trinajstić information content (AvgIpc) is 2.42. The van der Waals surface area contributed by atoms with Gasteiger partial charge in [-0.1, -0.05) is 0 Å². The Hall–Kier alpha value is -2.62. The van der Waals surface area contributed by atoms with Gasteiger partial charge in [-0.15, -0.1) is 0 Å². The number of hydrogen-bond acceptors (Lipinski definition) is 6. The molecule has 1 amide bonds. The lowest BCUT2D eigenvalue weighted by molar-refractivity contribution is -0.193. The van der Waals surface area contributed by atoms with Gasteiger partial charge in [-0.2, -0.15) is 26.3 Å². The van der Waals surface area contributed by atoms with Crippen LogP contribution in [0.2, 0.25) is 0 Å². The van der Waals surface area contributed by atoms with Gasteiger partial charge < -0.3 is 31.5 Å². The number of aliphatic carboxylic acids is 3. The second-order valence-electron chi connectivity index (χ2n) is 3.93. The summed E-state index contributed by atoms with van der Waals surface area (Å²) in [5.41, 5.74) is 4.93. The van der Waals surface area contributed by atoms with Gasteiger partial charge in [0.2, 0.25) is 5.91 Å². The number of carboxylic acids is 3. The second-order valence-corrected chi connectivity index (χ2v) is 3.93. The fourth-order valence-corrected chi connectivity index (χ4v) is 0.621. The van der Waals surface area contributed by atoms with Gasteiger partial charge in [-0.25, -0.2) is 14.4 Å². The van der Waals surface area contributed by atoms with Crippen molar-refractivity contribution in [2.24, 2.45) is 5.73 Å². The number of nitrogens with one attached hydrogen (secondary N) is 1. The van der Waals surface area contributed by atoms with Crippen molar-refractivity contribution in [2.45, 2.75) is 31.4 Å². The Morgan fingerprint density at radius 2 is 1.19 bits per heavy atom. The minimum Gasteiger partial charge on any atom is -0.480 e. The molecule has 0 aromatic rings. The van der Waals surface area contributed by atoms with Gasteiger partial charge in [0.05, 0.1) is 12.6 Å². The summed E-state index contributed by atoms with van der Waals surface area (Å²) < 4.78 is 63.5. The zero-order valence-electron chi connectivity index (χ0n) is 12.6. The first-order chi connectivity index (χ1) is 11.4. The van der Waals surface area contributed by atoms with Crippen molar-refractivity contribution in [3.63, 3.8) is 0 Å². The molecule has 0 saturated heterocycles. The molecule has 7 N–H and O–H groups in total. The van der Waals surface area contributed by atoms with Gasteiger partial charge in [0, 0.05) is 0 Å². The Labute approximate surface area is 140 Å². The predicted octanol–water partition coefficient (Wildman–Crippen LogP) is -0.838. The lowest BCUT2D eigenvalue weighted by Gasteiger charge is -2.15. The van der Waals surface area contributed by atoms with E-state index >= 15 is 0 Å². The summed E-state index contributed by atoms with van der Waals surface area (Å²) >= 11 is 0. The highest BCUT2D eigenvalue weighted by molar-refractivity contribution is 5.84. The number of alkyl halides is 6. The van der Waals surface area contributed by atoms with Gasteiger partial charge in [-0.3, -0.25) is 4.79 Å². The highest BCUT2D eigenvalue weighted by Crippen LogP contribution is 2.13. The summed E-state index contributed by atoms with van der Waals surface area (Å²) in [5.74, 6) is -7.41. The summed E-state index contributed by atoms with van der Waals surface area (Å²) in [4.78, 5) is 38.8. The van der Waals surface area contributed by atoms with Crippen molar-refractivity contribution in [1.29, 1.82) is 0 Å². The number of aliphatic hydroxyl groups is 1. The van der Waals surface area contributed by atoms with Crippen molar-refractivity contribution in [3.05, 3.63) is 0 Å². The molecule has 26 heavy (non-hydrogen) atoms. The van der Waals surface area contributed by atoms with Crippen LogP contribution in [0, 0.1) is 0 Å². The van der Waals surface area contributed by atoms with Crippen LogP contribution in [0.25, 0.3) is 0 Å². The Kier molecular flexibility index (Phi) is 12.9. The first-order valence-electron chi connectivity index (χ1n) is 5.88. The zero-order valence-corrected chi connectivity index (χ0v) is 12.6. The maximum Gasteiger partial charge on any atom is 0.490 e. The fraction of sp³-hybridized carbons (Fsp3) is 0.600. The number of carboxylic acid groups (broad SMARTS) is 3. The molecule has 0 heterocycles. The third kappa shape index (κ3) is 16.2. The molecular formula is C10H14F6N2O8. The fourth-order valence-electron chi connectivity index (χ4n) is 0.621. The molecule has 154 valence electrons. The number of hydrogen-bond donors (Lipinski definition) is 6. The first-order valence-corrected chi connectivity index (χ1v) is 5.88. The number of halogens is 6. The number of carbonyl (C=O) groups excluding carboxylic acids is 1. The van der Waals surface area contributed by atoms with Crippen LogP contribution in [0.3, 0.4) is 0 Å². The minimum absolute atomic E-state index is 0.295. The standard InChI is InChI=1S/C6H12N2O4.2C2HF3O2/c1-3(9)5(6(11)12)8-4(10)2-7;2*3-2(4,5)1(6)7/h3,5,9H,2,7H2,1H3,(H,8,10)(H,11,12);2*(H,6,7). The molecule has 16 heteroatoms.